The number of nitrogens with zero attached hydrogens (tertiary/aromatic N) is 3. The molecule has 0 radical (unpaired) electrons. The number of nitrogens with one attached hydrogen (secondary N) is 1. The predicted octanol–water partition coefficient (Wildman–Crippen LogP) is 3.09. The minimum Gasteiger partial charge on any atom is -0.365 e. The topological polar surface area (TPSA) is 41.1 Å². The maximum atomic E-state index is 13.7. The highest BCUT2D eigenvalue weighted by Crippen LogP contribution is 2.38. The van der Waals surface area contributed by atoms with Gasteiger partial charge < -0.3 is 5.32 Å². The average Bonchev–Trinajstić information content (AvgIpc) is 2.82. The smallest absolute Gasteiger partial charge is 0.224 e. The highest BCUT2D eigenvalue weighted by atomic mass is 35.5. The highest BCUT2D eigenvalue weighted by Gasteiger charge is 2.42. The molecule has 2 fully saturated rings. The van der Waals surface area contributed by atoms with Crippen LogP contribution in [0, 0.1) is 5.82 Å². The largest absolute Gasteiger partial charge is 0.365 e. The first-order chi connectivity index (χ1) is 9.45. The third kappa shape index (κ3) is 2.61. The lowest BCUT2D eigenvalue weighted by molar-refractivity contribution is 0.0500. The van der Waals surface area contributed by atoms with Crippen molar-refractivity contribution in [3.8, 4) is 0 Å². The zero-order valence-electron chi connectivity index (χ0n) is 11.9. The fourth-order valence-corrected chi connectivity index (χ4v) is 3.89. The molecule has 0 saturated carbocycles. The van der Waals surface area contributed by atoms with Crippen molar-refractivity contribution in [3.05, 3.63) is 17.3 Å². The molecule has 2 atom stereocenters. The minimum atomic E-state index is -0.443. The third-order valence-corrected chi connectivity index (χ3v) is 4.69. The van der Waals surface area contributed by atoms with Gasteiger partial charge in [0.2, 0.25) is 5.28 Å². The third-order valence-electron chi connectivity index (χ3n) is 4.51. The van der Waals surface area contributed by atoms with Crippen LogP contribution in [0.15, 0.2) is 6.20 Å². The Kier molecular flexibility index (Phi) is 3.58. The van der Waals surface area contributed by atoms with Crippen molar-refractivity contribution in [2.24, 2.45) is 0 Å². The molecule has 20 heavy (non-hydrogen) atoms. The van der Waals surface area contributed by atoms with E-state index >= 15 is 0 Å². The van der Waals surface area contributed by atoms with E-state index in [1.54, 1.807) is 0 Å². The van der Waals surface area contributed by atoms with Crippen LogP contribution in [0.25, 0.3) is 0 Å². The Morgan fingerprint density at radius 2 is 2.30 bits per heavy atom. The Bertz CT molecular complexity index is 508. The van der Waals surface area contributed by atoms with E-state index in [1.165, 1.54) is 19.4 Å². The molecule has 3 heterocycles. The molecule has 2 saturated heterocycles. The molecule has 0 aliphatic carbocycles. The standard InChI is InChI=1S/C14H20ClFN4/c1-14(2)7-9(6-10-4-3-5-20(10)14)18-12-11(16)8-17-13(15)19-12/h8-10H,3-7H2,1-2H3,(H,17,18,19)/t9?,10-/m1/s1. The van der Waals surface area contributed by atoms with Crippen LogP contribution in [0.3, 0.4) is 0 Å². The summed E-state index contributed by atoms with van der Waals surface area (Å²) in [5.74, 6) is -0.224. The molecule has 0 spiro atoms. The van der Waals surface area contributed by atoms with E-state index < -0.39 is 5.82 Å². The molecule has 110 valence electrons. The highest BCUT2D eigenvalue weighted by molar-refractivity contribution is 6.28. The summed E-state index contributed by atoms with van der Waals surface area (Å²) in [5.41, 5.74) is 0.143. The second-order valence-electron chi connectivity index (χ2n) is 6.42. The van der Waals surface area contributed by atoms with E-state index in [-0.39, 0.29) is 22.7 Å². The fraction of sp³-hybridized carbons (Fsp3) is 0.714. The lowest BCUT2D eigenvalue weighted by Gasteiger charge is -2.47. The molecule has 0 aromatic carbocycles. The van der Waals surface area contributed by atoms with Gasteiger partial charge in [-0.15, -0.1) is 0 Å². The molecule has 4 nitrogen and oxygen atoms in total. The molecule has 2 aliphatic heterocycles. The Morgan fingerprint density at radius 1 is 1.50 bits per heavy atom. The van der Waals surface area contributed by atoms with Gasteiger partial charge in [-0.25, -0.2) is 9.37 Å². The van der Waals surface area contributed by atoms with Crippen molar-refractivity contribution in [3.63, 3.8) is 0 Å². The predicted molar refractivity (Wildman–Crippen MR) is 77.5 cm³/mol. The van der Waals surface area contributed by atoms with Crippen molar-refractivity contribution in [2.45, 2.75) is 57.2 Å². The summed E-state index contributed by atoms with van der Waals surface area (Å²) in [5, 5.41) is 3.30. The lowest BCUT2D eigenvalue weighted by atomic mass is 9.84. The molecule has 2 aliphatic rings. The number of anilines is 1. The number of hydrogen-bond acceptors (Lipinski definition) is 4. The first-order valence-electron chi connectivity index (χ1n) is 7.17. The Balaban J connectivity index is 1.76. The van der Waals surface area contributed by atoms with Gasteiger partial charge in [-0.2, -0.15) is 4.98 Å². The molecule has 1 aromatic heterocycles. The van der Waals surface area contributed by atoms with E-state index in [0.29, 0.717) is 6.04 Å². The van der Waals surface area contributed by atoms with Gasteiger partial charge in [-0.05, 0) is 57.7 Å². The van der Waals surface area contributed by atoms with E-state index in [1.807, 2.05) is 0 Å². The second-order valence-corrected chi connectivity index (χ2v) is 6.76. The maximum Gasteiger partial charge on any atom is 0.224 e. The number of aromatic nitrogens is 2. The van der Waals surface area contributed by atoms with Crippen LogP contribution >= 0.6 is 11.6 Å². The molecular weight excluding hydrogens is 279 g/mol. The lowest BCUT2D eigenvalue weighted by Crippen LogP contribution is -2.55. The van der Waals surface area contributed by atoms with Crippen LogP contribution in [0.2, 0.25) is 5.28 Å². The first kappa shape index (κ1) is 14.0. The van der Waals surface area contributed by atoms with Crippen molar-refractivity contribution in [1.82, 2.24) is 14.9 Å². The van der Waals surface area contributed by atoms with Crippen molar-refractivity contribution >= 4 is 17.4 Å². The van der Waals surface area contributed by atoms with Crippen molar-refractivity contribution < 1.29 is 4.39 Å². The van der Waals surface area contributed by atoms with Crippen molar-refractivity contribution in [2.75, 3.05) is 11.9 Å². The Hall–Kier alpha value is -0.940. The van der Waals surface area contributed by atoms with Gasteiger partial charge in [0.05, 0.1) is 6.20 Å². The number of piperidine rings is 1. The summed E-state index contributed by atoms with van der Waals surface area (Å²) in [7, 11) is 0. The van der Waals surface area contributed by atoms with Gasteiger partial charge in [-0.3, -0.25) is 4.90 Å². The van der Waals surface area contributed by atoms with Gasteiger partial charge in [-0.1, -0.05) is 0 Å². The number of halogens is 2. The molecule has 1 N–H and O–H groups in total. The van der Waals surface area contributed by atoms with Crippen LogP contribution < -0.4 is 5.32 Å². The minimum absolute atomic E-state index is 0.0754. The summed E-state index contributed by atoms with van der Waals surface area (Å²) in [6.07, 6.45) is 5.62. The Labute approximate surface area is 123 Å². The van der Waals surface area contributed by atoms with Crippen LogP contribution in [-0.2, 0) is 0 Å². The Morgan fingerprint density at radius 3 is 3.10 bits per heavy atom. The van der Waals surface area contributed by atoms with Gasteiger partial charge in [0.15, 0.2) is 11.6 Å². The molecule has 6 heteroatoms. The summed E-state index contributed by atoms with van der Waals surface area (Å²) >= 11 is 5.74. The second kappa shape index (κ2) is 5.11. The number of fused-ring (bicyclic) bond motifs is 1. The summed E-state index contributed by atoms with van der Waals surface area (Å²) < 4.78 is 13.7. The van der Waals surface area contributed by atoms with E-state index in [0.717, 1.165) is 19.0 Å². The zero-order valence-corrected chi connectivity index (χ0v) is 12.6. The summed E-state index contributed by atoms with van der Waals surface area (Å²) in [6, 6.07) is 0.821. The molecule has 3 rings (SSSR count). The molecule has 0 amide bonds. The molecule has 0 bridgehead atoms. The van der Waals surface area contributed by atoms with Gasteiger partial charge in [0.1, 0.15) is 0 Å². The first-order valence-corrected chi connectivity index (χ1v) is 7.55. The van der Waals surface area contributed by atoms with Crippen molar-refractivity contribution in [1.29, 1.82) is 0 Å². The van der Waals surface area contributed by atoms with Crippen LogP contribution in [0.4, 0.5) is 10.2 Å². The monoisotopic (exact) mass is 298 g/mol. The summed E-state index contributed by atoms with van der Waals surface area (Å²) in [6.45, 7) is 5.71. The van der Waals surface area contributed by atoms with Crippen LogP contribution in [-0.4, -0.2) is 39.0 Å². The average molecular weight is 299 g/mol. The van der Waals surface area contributed by atoms with E-state index in [2.05, 4.69) is 34.0 Å². The van der Waals surface area contributed by atoms with Crippen LogP contribution in [0.5, 0.6) is 0 Å². The van der Waals surface area contributed by atoms with E-state index in [9.17, 15) is 4.39 Å². The van der Waals surface area contributed by atoms with E-state index in [4.69, 9.17) is 11.6 Å². The quantitative estimate of drug-likeness (QED) is 0.852. The number of rotatable bonds is 2. The SMILES string of the molecule is CC1(C)CC(Nc2nc(Cl)ncc2F)C[C@H]2CCCN21. The number of hydrogen-bond donors (Lipinski definition) is 1. The molecule has 1 aromatic rings. The van der Waals surface area contributed by atoms with Gasteiger partial charge in [0.25, 0.3) is 0 Å². The normalized spacial score (nSPS) is 29.2. The fourth-order valence-electron chi connectivity index (χ4n) is 3.76. The van der Waals surface area contributed by atoms with Crippen LogP contribution in [0.1, 0.15) is 39.5 Å². The maximum absolute atomic E-state index is 13.7. The molecular formula is C14H20ClFN4. The zero-order chi connectivity index (χ0) is 14.3. The molecule has 1 unspecified atom stereocenters. The van der Waals surface area contributed by atoms with Gasteiger partial charge in [0, 0.05) is 17.6 Å². The summed E-state index contributed by atoms with van der Waals surface area (Å²) in [4.78, 5) is 10.2. The van der Waals surface area contributed by atoms with Gasteiger partial charge >= 0.3 is 0 Å².